The van der Waals surface area contributed by atoms with E-state index in [4.69, 9.17) is 0 Å². The second kappa shape index (κ2) is 7.14. The number of halogens is 1. The first-order valence-electron chi connectivity index (χ1n) is 9.59. The molecule has 0 N–H and O–H groups in total. The molecule has 5 aromatic rings. The second-order valence-corrected chi connectivity index (χ2v) is 6.95. The Morgan fingerprint density at radius 2 is 1.73 bits per heavy atom. The molecule has 0 bridgehead atoms. The Kier molecular flexibility index (Phi) is 4.31. The zero-order chi connectivity index (χ0) is 20.7. The number of aromatic nitrogens is 6. The fraction of sp³-hybridized carbons (Fsp3) is 0.136. The van der Waals surface area contributed by atoms with Gasteiger partial charge in [0.25, 0.3) is 5.56 Å². The smallest absolute Gasteiger partial charge is 0.283 e. The first kappa shape index (κ1) is 18.1. The summed E-state index contributed by atoms with van der Waals surface area (Å²) in [6.45, 7) is 2.37. The third kappa shape index (κ3) is 2.93. The van der Waals surface area contributed by atoms with Gasteiger partial charge in [0.1, 0.15) is 12.1 Å². The molecule has 3 heterocycles. The summed E-state index contributed by atoms with van der Waals surface area (Å²) in [4.78, 5) is 17.4. The van der Waals surface area contributed by atoms with Gasteiger partial charge in [-0.2, -0.15) is 9.61 Å². The van der Waals surface area contributed by atoms with E-state index < -0.39 is 0 Å². The zero-order valence-corrected chi connectivity index (χ0v) is 16.2. The minimum atomic E-state index is -0.314. The predicted molar refractivity (Wildman–Crippen MR) is 111 cm³/mol. The molecule has 148 valence electrons. The standard InChI is InChI=1S/C22H17FN6O/c1-2-17-18(15-8-10-16(23)11-9-15)20-26-25-19-21(29(20)27-17)24-13-28(22(19)30)12-14-6-4-3-5-7-14/h3-11,13H,2,12H2,1H3. The summed E-state index contributed by atoms with van der Waals surface area (Å²) in [5.41, 5.74) is 4.01. The largest absolute Gasteiger partial charge is 0.293 e. The number of nitrogens with zero attached hydrogens (tertiary/aromatic N) is 6. The molecule has 8 heteroatoms. The van der Waals surface area contributed by atoms with Gasteiger partial charge in [0, 0.05) is 0 Å². The first-order valence-corrected chi connectivity index (χ1v) is 9.59. The summed E-state index contributed by atoms with van der Waals surface area (Å²) >= 11 is 0. The fourth-order valence-electron chi connectivity index (χ4n) is 3.56. The molecular weight excluding hydrogens is 383 g/mol. The number of aryl methyl sites for hydroxylation is 1. The van der Waals surface area contributed by atoms with Crippen molar-refractivity contribution >= 4 is 16.8 Å². The molecule has 3 aromatic heterocycles. The molecule has 0 spiro atoms. The van der Waals surface area contributed by atoms with Gasteiger partial charge in [0.2, 0.25) is 0 Å². The number of hydrogen-bond acceptors (Lipinski definition) is 5. The van der Waals surface area contributed by atoms with Crippen molar-refractivity contribution in [3.63, 3.8) is 0 Å². The number of fused-ring (bicyclic) bond motifs is 3. The quantitative estimate of drug-likeness (QED) is 0.463. The van der Waals surface area contributed by atoms with E-state index in [1.807, 2.05) is 37.3 Å². The van der Waals surface area contributed by atoms with Crippen molar-refractivity contribution in [1.82, 2.24) is 29.4 Å². The molecular formula is C22H17FN6O. The minimum Gasteiger partial charge on any atom is -0.293 e. The van der Waals surface area contributed by atoms with Crippen molar-refractivity contribution in [2.45, 2.75) is 19.9 Å². The minimum absolute atomic E-state index is 0.150. The van der Waals surface area contributed by atoms with E-state index in [-0.39, 0.29) is 16.9 Å². The van der Waals surface area contributed by atoms with Crippen molar-refractivity contribution < 1.29 is 4.39 Å². The molecule has 2 aromatic carbocycles. The summed E-state index contributed by atoms with van der Waals surface area (Å²) in [5, 5.41) is 13.1. The highest BCUT2D eigenvalue weighted by Gasteiger charge is 2.19. The van der Waals surface area contributed by atoms with Crippen molar-refractivity contribution in [3.8, 4) is 11.1 Å². The molecule has 0 saturated carbocycles. The summed E-state index contributed by atoms with van der Waals surface area (Å²) in [6, 6.07) is 15.8. The highest BCUT2D eigenvalue weighted by Crippen LogP contribution is 2.28. The van der Waals surface area contributed by atoms with Crippen LogP contribution >= 0.6 is 0 Å². The molecule has 0 aliphatic rings. The topological polar surface area (TPSA) is 78.0 Å². The molecule has 0 fully saturated rings. The Labute approximate surface area is 170 Å². The molecule has 0 radical (unpaired) electrons. The van der Waals surface area contributed by atoms with Crippen LogP contribution in [0.25, 0.3) is 27.9 Å². The van der Waals surface area contributed by atoms with Gasteiger partial charge in [-0.15, -0.1) is 10.2 Å². The summed E-state index contributed by atoms with van der Waals surface area (Å²) < 4.78 is 16.4. The number of rotatable bonds is 4. The predicted octanol–water partition coefficient (Wildman–Crippen LogP) is 3.25. The molecule has 0 amide bonds. The molecule has 30 heavy (non-hydrogen) atoms. The van der Waals surface area contributed by atoms with Crippen molar-refractivity contribution in [3.05, 3.63) is 88.4 Å². The van der Waals surface area contributed by atoms with Crippen LogP contribution in [-0.2, 0) is 13.0 Å². The zero-order valence-electron chi connectivity index (χ0n) is 16.2. The Hall–Kier alpha value is -3.94. The van der Waals surface area contributed by atoms with Gasteiger partial charge >= 0.3 is 0 Å². The molecule has 0 aliphatic heterocycles. The molecule has 7 nitrogen and oxygen atoms in total. The monoisotopic (exact) mass is 400 g/mol. The molecule has 0 atom stereocenters. The SMILES string of the molecule is CCc1nn2c(nnc3c(=O)n(Cc4ccccc4)cnc32)c1-c1ccc(F)cc1. The maximum absolute atomic E-state index is 13.4. The van der Waals surface area contributed by atoms with Gasteiger partial charge in [-0.1, -0.05) is 49.4 Å². The fourth-order valence-corrected chi connectivity index (χ4v) is 3.56. The third-order valence-corrected chi connectivity index (χ3v) is 5.04. The maximum atomic E-state index is 13.4. The van der Waals surface area contributed by atoms with Crippen LogP contribution < -0.4 is 5.56 Å². The van der Waals surface area contributed by atoms with Gasteiger partial charge in [-0.25, -0.2) is 9.37 Å². The van der Waals surface area contributed by atoms with E-state index in [1.165, 1.54) is 23.0 Å². The van der Waals surface area contributed by atoms with Crippen LogP contribution in [0.4, 0.5) is 4.39 Å². The lowest BCUT2D eigenvalue weighted by molar-refractivity contribution is 0.628. The van der Waals surface area contributed by atoms with Gasteiger partial charge in [-0.05, 0) is 29.7 Å². The lowest BCUT2D eigenvalue weighted by atomic mass is 10.0. The average Bonchev–Trinajstić information content (AvgIpc) is 3.16. The second-order valence-electron chi connectivity index (χ2n) is 6.95. The van der Waals surface area contributed by atoms with Crippen LogP contribution in [0.2, 0.25) is 0 Å². The van der Waals surface area contributed by atoms with Gasteiger partial charge in [0.05, 0.1) is 17.8 Å². The van der Waals surface area contributed by atoms with Gasteiger partial charge in [-0.3, -0.25) is 9.36 Å². The Morgan fingerprint density at radius 3 is 2.47 bits per heavy atom. The first-order chi connectivity index (χ1) is 14.7. The average molecular weight is 400 g/mol. The van der Waals surface area contributed by atoms with Crippen molar-refractivity contribution in [1.29, 1.82) is 0 Å². The normalized spacial score (nSPS) is 11.4. The van der Waals surface area contributed by atoms with E-state index in [1.54, 1.807) is 16.6 Å². The molecule has 0 saturated heterocycles. The van der Waals surface area contributed by atoms with Crippen LogP contribution in [-0.4, -0.2) is 29.4 Å². The Balaban J connectivity index is 1.70. The molecule has 0 aliphatic carbocycles. The van der Waals surface area contributed by atoms with E-state index in [9.17, 15) is 9.18 Å². The van der Waals surface area contributed by atoms with E-state index in [2.05, 4.69) is 20.3 Å². The van der Waals surface area contributed by atoms with Crippen LogP contribution in [0.1, 0.15) is 18.2 Å². The van der Waals surface area contributed by atoms with Crippen molar-refractivity contribution in [2.75, 3.05) is 0 Å². The summed E-state index contributed by atoms with van der Waals surface area (Å²) in [5.74, 6) is -0.314. The van der Waals surface area contributed by atoms with Gasteiger partial charge in [0.15, 0.2) is 16.8 Å². The molecule has 0 unspecified atom stereocenters. The van der Waals surface area contributed by atoms with E-state index >= 15 is 0 Å². The van der Waals surface area contributed by atoms with Crippen LogP contribution in [0.15, 0.2) is 65.7 Å². The number of benzene rings is 2. The Morgan fingerprint density at radius 1 is 0.967 bits per heavy atom. The Bertz CT molecular complexity index is 1420. The maximum Gasteiger partial charge on any atom is 0.283 e. The van der Waals surface area contributed by atoms with Gasteiger partial charge < -0.3 is 0 Å². The lowest BCUT2D eigenvalue weighted by Crippen LogP contribution is -2.23. The van der Waals surface area contributed by atoms with Crippen LogP contribution in [0.3, 0.4) is 0 Å². The van der Waals surface area contributed by atoms with E-state index in [0.717, 1.165) is 22.4 Å². The van der Waals surface area contributed by atoms with Crippen molar-refractivity contribution in [2.24, 2.45) is 0 Å². The molecule has 5 rings (SSSR count). The van der Waals surface area contributed by atoms with Crippen LogP contribution in [0, 0.1) is 5.82 Å². The lowest BCUT2D eigenvalue weighted by Gasteiger charge is -2.06. The highest BCUT2D eigenvalue weighted by atomic mass is 19.1. The third-order valence-electron chi connectivity index (χ3n) is 5.04. The van der Waals surface area contributed by atoms with E-state index in [0.29, 0.717) is 24.3 Å². The number of hydrogen-bond donors (Lipinski definition) is 0. The highest BCUT2D eigenvalue weighted by molar-refractivity contribution is 5.83. The van der Waals surface area contributed by atoms with Crippen LogP contribution in [0.5, 0.6) is 0 Å². The summed E-state index contributed by atoms with van der Waals surface area (Å²) in [7, 11) is 0. The summed E-state index contributed by atoms with van der Waals surface area (Å²) in [6.07, 6.45) is 2.15.